The topological polar surface area (TPSA) is 83.5 Å². The molecule has 1 heterocycles. The van der Waals surface area contributed by atoms with E-state index in [2.05, 4.69) is 5.32 Å². The van der Waals surface area contributed by atoms with E-state index in [1.807, 2.05) is 0 Å². The van der Waals surface area contributed by atoms with Crippen LogP contribution in [-0.2, 0) is 16.4 Å². The first-order chi connectivity index (χ1) is 8.96. The van der Waals surface area contributed by atoms with Crippen LogP contribution in [0.2, 0.25) is 0 Å². The van der Waals surface area contributed by atoms with Crippen molar-refractivity contribution in [1.82, 2.24) is 5.32 Å². The number of rotatable bonds is 4. The zero-order valence-electron chi connectivity index (χ0n) is 10.5. The molecule has 104 valence electrons. The van der Waals surface area contributed by atoms with E-state index in [-0.39, 0.29) is 17.4 Å². The summed E-state index contributed by atoms with van der Waals surface area (Å²) in [5.74, 6) is -0.462. The predicted octanol–water partition coefficient (Wildman–Crippen LogP) is 1.05. The number of hydrogen-bond donors (Lipinski definition) is 2. The average molecular weight is 283 g/mol. The molecule has 19 heavy (non-hydrogen) atoms. The van der Waals surface area contributed by atoms with Gasteiger partial charge in [-0.2, -0.15) is 0 Å². The number of carboxylic acid groups (broad SMARTS) is 1. The van der Waals surface area contributed by atoms with Gasteiger partial charge in [-0.15, -0.1) is 0 Å². The molecule has 0 spiro atoms. The first-order valence-corrected chi connectivity index (χ1v) is 8.04. The van der Waals surface area contributed by atoms with E-state index in [1.165, 1.54) is 0 Å². The lowest BCUT2D eigenvalue weighted by molar-refractivity contribution is 0.0697. The lowest BCUT2D eigenvalue weighted by Crippen LogP contribution is -2.39. The van der Waals surface area contributed by atoms with Crippen molar-refractivity contribution in [2.45, 2.75) is 25.4 Å². The van der Waals surface area contributed by atoms with E-state index in [0.717, 1.165) is 12.0 Å². The number of nitrogens with one attached hydrogen (secondary N) is 1. The third kappa shape index (κ3) is 4.04. The fraction of sp³-hybridized carbons (Fsp3) is 0.462. The Morgan fingerprint density at radius 1 is 1.32 bits per heavy atom. The van der Waals surface area contributed by atoms with Crippen LogP contribution in [-0.4, -0.2) is 37.0 Å². The van der Waals surface area contributed by atoms with Gasteiger partial charge in [-0.25, -0.2) is 13.2 Å². The SMILES string of the molecule is O=C(O)c1ccc(CNC2CCCS(=O)(=O)C2)cc1. The van der Waals surface area contributed by atoms with Gasteiger partial charge in [-0.05, 0) is 30.5 Å². The van der Waals surface area contributed by atoms with Gasteiger partial charge in [-0.3, -0.25) is 0 Å². The van der Waals surface area contributed by atoms with E-state index < -0.39 is 15.8 Å². The minimum absolute atomic E-state index is 0.00194. The molecule has 1 aromatic rings. The summed E-state index contributed by atoms with van der Waals surface area (Å²) >= 11 is 0. The van der Waals surface area contributed by atoms with Gasteiger partial charge in [0.2, 0.25) is 0 Å². The zero-order chi connectivity index (χ0) is 13.9. The first kappa shape index (κ1) is 14.0. The highest BCUT2D eigenvalue weighted by atomic mass is 32.2. The molecule has 1 aliphatic rings. The summed E-state index contributed by atoms with van der Waals surface area (Å²) in [7, 11) is -2.89. The van der Waals surface area contributed by atoms with Gasteiger partial charge in [0.25, 0.3) is 0 Å². The van der Waals surface area contributed by atoms with Gasteiger partial charge in [0.1, 0.15) is 0 Å². The monoisotopic (exact) mass is 283 g/mol. The van der Waals surface area contributed by atoms with Crippen LogP contribution in [0.25, 0.3) is 0 Å². The molecule has 1 saturated heterocycles. The molecule has 0 bridgehead atoms. The maximum absolute atomic E-state index is 11.5. The van der Waals surface area contributed by atoms with Crippen LogP contribution >= 0.6 is 0 Å². The Bertz CT molecular complexity index is 551. The summed E-state index contributed by atoms with van der Waals surface area (Å²) in [6.45, 7) is 0.556. The van der Waals surface area contributed by atoms with Gasteiger partial charge in [0.05, 0.1) is 17.1 Å². The molecule has 0 aromatic heterocycles. The molecule has 5 nitrogen and oxygen atoms in total. The molecule has 0 aliphatic carbocycles. The van der Waals surface area contributed by atoms with Gasteiger partial charge in [0, 0.05) is 12.6 Å². The molecule has 1 atom stereocenters. The second-order valence-corrected chi connectivity index (χ2v) is 7.07. The summed E-state index contributed by atoms with van der Waals surface area (Å²) in [6.07, 6.45) is 1.57. The second kappa shape index (κ2) is 5.71. The minimum Gasteiger partial charge on any atom is -0.478 e. The van der Waals surface area contributed by atoms with Gasteiger partial charge in [-0.1, -0.05) is 12.1 Å². The highest BCUT2D eigenvalue weighted by molar-refractivity contribution is 7.91. The lowest BCUT2D eigenvalue weighted by atomic mass is 10.1. The van der Waals surface area contributed by atoms with E-state index >= 15 is 0 Å². The normalized spacial score (nSPS) is 22.0. The van der Waals surface area contributed by atoms with Gasteiger partial charge >= 0.3 is 5.97 Å². The van der Waals surface area contributed by atoms with Gasteiger partial charge in [0.15, 0.2) is 9.84 Å². The Labute approximate surface area is 112 Å². The van der Waals surface area contributed by atoms with Crippen molar-refractivity contribution in [2.24, 2.45) is 0 Å². The van der Waals surface area contributed by atoms with E-state index in [0.29, 0.717) is 18.7 Å². The van der Waals surface area contributed by atoms with E-state index in [1.54, 1.807) is 24.3 Å². The molecule has 0 radical (unpaired) electrons. The molecule has 2 N–H and O–H groups in total. The molecule has 6 heteroatoms. The fourth-order valence-electron chi connectivity index (χ4n) is 2.21. The van der Waals surface area contributed by atoms with E-state index in [9.17, 15) is 13.2 Å². The molecular formula is C13H17NO4S. The number of carbonyl (C=O) groups is 1. The van der Waals surface area contributed by atoms with Crippen LogP contribution < -0.4 is 5.32 Å². The Kier molecular flexibility index (Phi) is 4.21. The maximum atomic E-state index is 11.5. The van der Waals surface area contributed by atoms with Crippen LogP contribution in [0.1, 0.15) is 28.8 Å². The second-order valence-electron chi connectivity index (χ2n) is 4.84. The Morgan fingerprint density at radius 2 is 2.00 bits per heavy atom. The summed E-state index contributed by atoms with van der Waals surface area (Å²) in [4.78, 5) is 10.7. The van der Waals surface area contributed by atoms with Crippen molar-refractivity contribution in [3.63, 3.8) is 0 Å². The lowest BCUT2D eigenvalue weighted by Gasteiger charge is -2.23. The van der Waals surface area contributed by atoms with Crippen molar-refractivity contribution in [3.8, 4) is 0 Å². The highest BCUT2D eigenvalue weighted by Crippen LogP contribution is 2.13. The van der Waals surface area contributed by atoms with E-state index in [4.69, 9.17) is 5.11 Å². The van der Waals surface area contributed by atoms with Crippen LogP contribution in [0, 0.1) is 0 Å². The summed E-state index contributed by atoms with van der Waals surface area (Å²) < 4.78 is 23.0. The standard InChI is InChI=1S/C13H17NO4S/c15-13(16)11-5-3-10(4-6-11)8-14-12-2-1-7-19(17,18)9-12/h3-6,12,14H,1-2,7-9H2,(H,15,16). The third-order valence-electron chi connectivity index (χ3n) is 3.26. The first-order valence-electron chi connectivity index (χ1n) is 6.22. The molecule has 1 unspecified atom stereocenters. The Hall–Kier alpha value is -1.40. The average Bonchev–Trinajstić information content (AvgIpc) is 2.36. The Morgan fingerprint density at radius 3 is 2.58 bits per heavy atom. The van der Waals surface area contributed by atoms with Crippen molar-refractivity contribution < 1.29 is 18.3 Å². The zero-order valence-corrected chi connectivity index (χ0v) is 11.3. The number of carboxylic acids is 1. The molecular weight excluding hydrogens is 266 g/mol. The molecule has 2 rings (SSSR count). The number of hydrogen-bond acceptors (Lipinski definition) is 4. The number of sulfone groups is 1. The van der Waals surface area contributed by atoms with Crippen molar-refractivity contribution in [3.05, 3.63) is 35.4 Å². The maximum Gasteiger partial charge on any atom is 0.335 e. The van der Waals surface area contributed by atoms with Crippen molar-refractivity contribution >= 4 is 15.8 Å². The molecule has 0 amide bonds. The smallest absolute Gasteiger partial charge is 0.335 e. The van der Waals surface area contributed by atoms with Crippen molar-refractivity contribution in [1.29, 1.82) is 0 Å². The predicted molar refractivity (Wildman–Crippen MR) is 71.9 cm³/mol. The van der Waals surface area contributed by atoms with Crippen LogP contribution in [0.4, 0.5) is 0 Å². The molecule has 0 saturated carbocycles. The van der Waals surface area contributed by atoms with Crippen LogP contribution in [0.3, 0.4) is 0 Å². The summed E-state index contributed by atoms with van der Waals surface area (Å²) in [5, 5.41) is 12.0. The largest absolute Gasteiger partial charge is 0.478 e. The minimum atomic E-state index is -2.89. The quantitative estimate of drug-likeness (QED) is 0.863. The van der Waals surface area contributed by atoms with Crippen LogP contribution in [0.5, 0.6) is 0 Å². The third-order valence-corrected chi connectivity index (χ3v) is 5.08. The fourth-order valence-corrected chi connectivity index (χ4v) is 3.88. The molecule has 1 aliphatic heterocycles. The number of aromatic carboxylic acids is 1. The molecule has 1 fully saturated rings. The highest BCUT2D eigenvalue weighted by Gasteiger charge is 2.24. The number of benzene rings is 1. The Balaban J connectivity index is 1.90. The van der Waals surface area contributed by atoms with Crippen LogP contribution in [0.15, 0.2) is 24.3 Å². The summed E-state index contributed by atoms with van der Waals surface area (Å²) in [5.41, 5.74) is 1.21. The summed E-state index contributed by atoms with van der Waals surface area (Å²) in [6, 6.07) is 6.59. The van der Waals surface area contributed by atoms with Gasteiger partial charge < -0.3 is 10.4 Å². The molecule has 1 aromatic carbocycles. The van der Waals surface area contributed by atoms with Crippen molar-refractivity contribution in [2.75, 3.05) is 11.5 Å².